The number of hydrogen-bond donors (Lipinski definition) is 0. The Morgan fingerprint density at radius 2 is 0.966 bits per heavy atom. The average molecular weight is 535 g/mol. The molecule has 0 aliphatic rings. The van der Waals surface area contributed by atoms with Gasteiger partial charge in [0.05, 0.1) is 0 Å². The van der Waals surface area contributed by atoms with Crippen molar-refractivity contribution in [1.29, 1.82) is 0 Å². The van der Waals surface area contributed by atoms with Crippen LogP contribution in [0.2, 0.25) is 0 Å². The van der Waals surface area contributed by atoms with Crippen molar-refractivity contribution in [2.24, 2.45) is 0 Å². The molecule has 0 saturated heterocycles. The summed E-state index contributed by atoms with van der Waals surface area (Å²) in [5.41, 5.74) is 0. The van der Waals surface area contributed by atoms with E-state index in [1.807, 2.05) is 8.99 Å². The van der Waals surface area contributed by atoms with Crippen molar-refractivity contribution in [2.75, 3.05) is 0 Å². The number of benzene rings is 3. The molecule has 3 aromatic carbocycles. The predicted octanol–water partition coefficient (Wildman–Crippen LogP) is 4.79. The zero-order valence-corrected chi connectivity index (χ0v) is 21.5. The summed E-state index contributed by atoms with van der Waals surface area (Å²) in [4.78, 5) is 2.38. The molecule has 3 rings (SSSR count). The van der Waals surface area contributed by atoms with E-state index in [-0.39, 0.29) is 0 Å². The fraction of sp³-hybridized carbons (Fsp3) is 0.240. The van der Waals surface area contributed by atoms with Gasteiger partial charge in [0.25, 0.3) is 0 Å². The first kappa shape index (κ1) is 22.4. The van der Waals surface area contributed by atoms with Gasteiger partial charge in [-0.05, 0) is 0 Å². The molecule has 0 aliphatic heterocycles. The van der Waals surface area contributed by atoms with Crippen molar-refractivity contribution in [1.82, 2.24) is 4.90 Å². The number of rotatable bonds is 6. The summed E-state index contributed by atoms with van der Waals surface area (Å²) < 4.78 is 5.28. The first-order valence-corrected chi connectivity index (χ1v) is 17.5. The average Bonchev–Trinajstić information content (AvgIpc) is 2.73. The second-order valence-electron chi connectivity index (χ2n) is 7.44. The molecule has 0 aromatic heterocycles. The Labute approximate surface area is 187 Å². The molecular formula is C25H29NS2Te. The van der Waals surface area contributed by atoms with E-state index < -0.39 is 16.8 Å². The molecule has 0 saturated carbocycles. The molecular weight excluding hydrogens is 506 g/mol. The van der Waals surface area contributed by atoms with E-state index in [2.05, 4.69) is 124 Å². The Morgan fingerprint density at radius 3 is 1.24 bits per heavy atom. The molecule has 0 bridgehead atoms. The number of hydrogen-bond acceptors (Lipinski definition) is 2. The van der Waals surface area contributed by atoms with Gasteiger partial charge in [0.1, 0.15) is 0 Å². The van der Waals surface area contributed by atoms with Crippen LogP contribution in [0.1, 0.15) is 27.7 Å². The molecule has 0 unspecified atom stereocenters. The van der Waals surface area contributed by atoms with Crippen LogP contribution in [-0.4, -0.2) is 38.1 Å². The molecule has 0 atom stereocenters. The Bertz CT molecular complexity index is 807. The first-order valence-electron chi connectivity index (χ1n) is 9.97. The van der Waals surface area contributed by atoms with E-state index in [1.54, 1.807) is 0 Å². The van der Waals surface area contributed by atoms with Crippen LogP contribution in [0.15, 0.2) is 91.0 Å². The summed E-state index contributed by atoms with van der Waals surface area (Å²) in [5.74, 6) is 0. The summed E-state index contributed by atoms with van der Waals surface area (Å²) in [5, 5.41) is 0. The van der Waals surface area contributed by atoms with E-state index in [9.17, 15) is 0 Å². The van der Waals surface area contributed by atoms with Gasteiger partial charge in [-0.2, -0.15) is 0 Å². The predicted molar refractivity (Wildman–Crippen MR) is 136 cm³/mol. The Balaban J connectivity index is 2.24. The van der Waals surface area contributed by atoms with Crippen LogP contribution in [-0.2, 0) is 0 Å². The molecule has 152 valence electrons. The molecule has 4 heteroatoms. The molecule has 0 N–H and O–H groups in total. The minimum absolute atomic E-state index is 0.373. The molecule has 1 nitrogen and oxygen atoms in total. The minimum atomic E-state index is -3.14. The summed E-state index contributed by atoms with van der Waals surface area (Å²) in [6.45, 7) is 8.93. The molecule has 0 heterocycles. The van der Waals surface area contributed by atoms with Gasteiger partial charge in [0, 0.05) is 0 Å². The number of nitrogens with zero attached hydrogens (tertiary/aromatic N) is 1. The fourth-order valence-electron chi connectivity index (χ4n) is 3.56. The van der Waals surface area contributed by atoms with Crippen molar-refractivity contribution in [2.45, 2.75) is 39.8 Å². The van der Waals surface area contributed by atoms with Crippen molar-refractivity contribution >= 4 is 53.2 Å². The SMILES string of the molecule is CC(C)N(C(=S)S[Te](c1ccccc1)(c1ccccc1)c1ccccc1)C(C)C. The summed E-state index contributed by atoms with van der Waals surface area (Å²) in [7, 11) is 1.96. The van der Waals surface area contributed by atoms with Gasteiger partial charge in [0.2, 0.25) is 0 Å². The second kappa shape index (κ2) is 10.1. The topological polar surface area (TPSA) is 3.24 Å². The monoisotopic (exact) mass is 537 g/mol. The summed E-state index contributed by atoms with van der Waals surface area (Å²) >= 11 is 2.97. The number of thiocarbonyl (C=S) groups is 1. The van der Waals surface area contributed by atoms with Gasteiger partial charge >= 0.3 is 189 Å². The maximum atomic E-state index is 6.11. The van der Waals surface area contributed by atoms with Crippen LogP contribution in [0.25, 0.3) is 0 Å². The van der Waals surface area contributed by atoms with Gasteiger partial charge in [-0.25, -0.2) is 0 Å². The Kier molecular flexibility index (Phi) is 7.82. The summed E-state index contributed by atoms with van der Waals surface area (Å²) in [6.07, 6.45) is 0. The van der Waals surface area contributed by atoms with E-state index in [1.165, 1.54) is 10.8 Å². The molecule has 0 fully saturated rings. The second-order valence-corrected chi connectivity index (χ2v) is 20.6. The zero-order valence-electron chi connectivity index (χ0n) is 17.5. The third-order valence-electron chi connectivity index (χ3n) is 4.75. The van der Waals surface area contributed by atoms with E-state index in [0.29, 0.717) is 12.1 Å². The van der Waals surface area contributed by atoms with Crippen LogP contribution in [0, 0.1) is 0 Å². The normalized spacial score (nSPS) is 12.2. The Hall–Kier alpha value is -1.31. The molecule has 0 radical (unpaired) electrons. The van der Waals surface area contributed by atoms with Gasteiger partial charge in [-0.1, -0.05) is 0 Å². The van der Waals surface area contributed by atoms with E-state index in [0.717, 1.165) is 4.32 Å². The summed E-state index contributed by atoms with van der Waals surface area (Å²) in [6, 6.07) is 33.8. The molecule has 0 aliphatic carbocycles. The van der Waals surface area contributed by atoms with E-state index >= 15 is 0 Å². The molecule has 0 amide bonds. The third kappa shape index (κ3) is 4.89. The van der Waals surface area contributed by atoms with Crippen LogP contribution in [0.4, 0.5) is 0 Å². The van der Waals surface area contributed by atoms with Crippen molar-refractivity contribution in [3.8, 4) is 0 Å². The van der Waals surface area contributed by atoms with Crippen LogP contribution < -0.4 is 10.8 Å². The maximum absolute atomic E-state index is 6.11. The third-order valence-corrected chi connectivity index (χ3v) is 22.2. The molecule has 0 spiro atoms. The zero-order chi connectivity index (χ0) is 20.9. The van der Waals surface area contributed by atoms with Gasteiger partial charge < -0.3 is 0 Å². The van der Waals surface area contributed by atoms with Crippen molar-refractivity contribution in [3.05, 3.63) is 91.0 Å². The Morgan fingerprint density at radius 1 is 0.655 bits per heavy atom. The van der Waals surface area contributed by atoms with Gasteiger partial charge in [0.15, 0.2) is 0 Å². The van der Waals surface area contributed by atoms with Crippen LogP contribution in [0.5, 0.6) is 0 Å². The standard InChI is InChI=1S/C25H29NS2Te/c1-20(2)26(21(3)4)25(27)28-29(22-14-8-5-9-15-22,23-16-10-6-11-17-23)24-18-12-7-13-19-24/h5-21H,1-4H3. The van der Waals surface area contributed by atoms with Crippen LogP contribution in [0.3, 0.4) is 0 Å². The first-order chi connectivity index (χ1) is 14.0. The van der Waals surface area contributed by atoms with Gasteiger partial charge in [-0.15, -0.1) is 0 Å². The fourth-order valence-corrected chi connectivity index (χ4v) is 21.3. The van der Waals surface area contributed by atoms with E-state index in [4.69, 9.17) is 12.2 Å². The molecule has 29 heavy (non-hydrogen) atoms. The van der Waals surface area contributed by atoms with Crippen molar-refractivity contribution in [3.63, 3.8) is 0 Å². The van der Waals surface area contributed by atoms with Crippen LogP contribution >= 0.6 is 21.2 Å². The molecule has 3 aromatic rings. The van der Waals surface area contributed by atoms with Gasteiger partial charge in [-0.3, -0.25) is 0 Å². The van der Waals surface area contributed by atoms with Crippen molar-refractivity contribution < 1.29 is 0 Å². The quantitative estimate of drug-likeness (QED) is 0.330.